The Balaban J connectivity index is 3.08. The number of unbranched alkanes of at least 4 members (excludes halogenated alkanes) is 3. The number of rotatable bonds is 16. The Bertz CT molecular complexity index is 822. The maximum absolute atomic E-state index is 13.5. The number of methoxy groups -OCH3 is 1. The summed E-state index contributed by atoms with van der Waals surface area (Å²) in [6.07, 6.45) is 8.91. The molecule has 4 amide bonds. The molecule has 40 heavy (non-hydrogen) atoms. The van der Waals surface area contributed by atoms with Gasteiger partial charge in [-0.3, -0.25) is 24.5 Å². The van der Waals surface area contributed by atoms with Gasteiger partial charge in [0.1, 0.15) is 11.6 Å². The van der Waals surface area contributed by atoms with Crippen LogP contribution in [-0.2, 0) is 28.7 Å². The highest BCUT2D eigenvalue weighted by Gasteiger charge is 2.34. The lowest BCUT2D eigenvalue weighted by Gasteiger charge is -2.34. The predicted octanol–water partition coefficient (Wildman–Crippen LogP) is 3.57. The largest absolute Gasteiger partial charge is 0.469 e. The van der Waals surface area contributed by atoms with Crippen molar-refractivity contribution in [3.05, 3.63) is 0 Å². The number of nitrogens with one attached hydrogen (secondary N) is 2. The van der Waals surface area contributed by atoms with Gasteiger partial charge in [0.05, 0.1) is 19.7 Å². The molecule has 1 aliphatic rings. The van der Waals surface area contributed by atoms with E-state index in [4.69, 9.17) is 10.5 Å². The minimum atomic E-state index is -0.908. The quantitative estimate of drug-likeness (QED) is 0.188. The molecule has 1 rings (SSSR count). The van der Waals surface area contributed by atoms with Gasteiger partial charge in [0, 0.05) is 13.0 Å². The van der Waals surface area contributed by atoms with E-state index in [-0.39, 0.29) is 31.4 Å². The molecule has 11 heteroatoms. The molecule has 1 fully saturated rings. The first-order valence-corrected chi connectivity index (χ1v) is 14.8. The summed E-state index contributed by atoms with van der Waals surface area (Å²) < 4.78 is 9.97. The topological polar surface area (TPSA) is 157 Å². The van der Waals surface area contributed by atoms with Gasteiger partial charge >= 0.3 is 12.1 Å². The van der Waals surface area contributed by atoms with E-state index in [9.17, 15) is 24.0 Å². The third-order valence-electron chi connectivity index (χ3n) is 7.03. The van der Waals surface area contributed by atoms with E-state index in [1.807, 2.05) is 6.92 Å². The van der Waals surface area contributed by atoms with Gasteiger partial charge in [0.2, 0.25) is 11.8 Å². The molecule has 0 bridgehead atoms. The molecule has 0 aromatic carbocycles. The summed E-state index contributed by atoms with van der Waals surface area (Å²) in [6, 6.07) is -1.62. The number of hydrogen-bond donors (Lipinski definition) is 3. The lowest BCUT2D eigenvalue weighted by atomic mass is 9.84. The Kier molecular flexibility index (Phi) is 16.4. The van der Waals surface area contributed by atoms with Crippen molar-refractivity contribution >= 4 is 29.8 Å². The van der Waals surface area contributed by atoms with E-state index in [2.05, 4.69) is 15.4 Å². The number of nitrogens with zero attached hydrogens (tertiary/aromatic N) is 1. The molecule has 11 nitrogen and oxygen atoms in total. The molecule has 230 valence electrons. The lowest BCUT2D eigenvalue weighted by molar-refractivity contribution is -0.141. The van der Waals surface area contributed by atoms with Crippen LogP contribution in [0, 0.1) is 5.92 Å². The van der Waals surface area contributed by atoms with Gasteiger partial charge in [-0.05, 0) is 52.4 Å². The second kappa shape index (κ2) is 18.6. The third kappa shape index (κ3) is 14.6. The van der Waals surface area contributed by atoms with Crippen LogP contribution >= 0.6 is 0 Å². The molecule has 0 unspecified atom stereocenters. The van der Waals surface area contributed by atoms with E-state index in [1.54, 1.807) is 20.8 Å². The summed E-state index contributed by atoms with van der Waals surface area (Å²) in [5.41, 5.74) is 5.17. The van der Waals surface area contributed by atoms with E-state index < -0.39 is 41.5 Å². The van der Waals surface area contributed by atoms with Crippen LogP contribution in [0.15, 0.2) is 0 Å². The standard InChI is InChI=1S/C29H52N4O7/c1-6-7-16-22(30)26(36)31-20-24(34)33(18-13-9-12-17-25(35)39-5)23(19-21-14-10-8-11-15-21)27(37)32-28(38)40-29(2,3)4/h21-23H,6-20,30H2,1-5H3,(H,31,36)(H,32,37,38)/t22-,23+/m1/s1. The van der Waals surface area contributed by atoms with Crippen LogP contribution in [-0.4, -0.2) is 72.6 Å². The SMILES string of the molecule is CCCC[C@@H](N)C(=O)NCC(=O)N(CCCCCC(=O)OC)[C@@H](CC1CCCCC1)C(=O)NC(=O)OC(C)(C)C. The first-order chi connectivity index (χ1) is 18.9. The molecular formula is C29H52N4O7. The van der Waals surface area contributed by atoms with Crippen molar-refractivity contribution in [2.75, 3.05) is 20.2 Å². The zero-order valence-corrected chi connectivity index (χ0v) is 25.2. The van der Waals surface area contributed by atoms with Crippen molar-refractivity contribution < 1.29 is 33.4 Å². The molecule has 0 aliphatic heterocycles. The van der Waals surface area contributed by atoms with Crippen LogP contribution in [0.3, 0.4) is 0 Å². The molecule has 2 atom stereocenters. The van der Waals surface area contributed by atoms with E-state index in [1.165, 1.54) is 12.0 Å². The normalized spacial score (nSPS) is 15.4. The average Bonchev–Trinajstić information content (AvgIpc) is 2.90. The number of amides is 4. The Labute approximate surface area is 239 Å². The van der Waals surface area contributed by atoms with Gasteiger partial charge in [0.25, 0.3) is 5.91 Å². The van der Waals surface area contributed by atoms with Gasteiger partial charge in [-0.25, -0.2) is 4.79 Å². The summed E-state index contributed by atoms with van der Waals surface area (Å²) in [7, 11) is 1.34. The Morgan fingerprint density at radius 1 is 0.975 bits per heavy atom. The van der Waals surface area contributed by atoms with Crippen molar-refractivity contribution in [1.29, 1.82) is 0 Å². The summed E-state index contributed by atoms with van der Waals surface area (Å²) in [5.74, 6) is -1.52. The number of ether oxygens (including phenoxy) is 2. The van der Waals surface area contributed by atoms with Crippen molar-refractivity contribution in [2.45, 2.75) is 129 Å². The monoisotopic (exact) mass is 568 g/mol. The van der Waals surface area contributed by atoms with Crippen LogP contribution in [0.2, 0.25) is 0 Å². The van der Waals surface area contributed by atoms with Gasteiger partial charge in [-0.2, -0.15) is 0 Å². The molecule has 1 saturated carbocycles. The molecular weight excluding hydrogens is 516 g/mol. The number of esters is 1. The molecule has 0 aromatic rings. The van der Waals surface area contributed by atoms with Crippen LogP contribution in [0.25, 0.3) is 0 Å². The second-order valence-electron chi connectivity index (χ2n) is 11.7. The molecule has 1 aliphatic carbocycles. The summed E-state index contributed by atoms with van der Waals surface area (Å²) >= 11 is 0. The molecule has 4 N–H and O–H groups in total. The molecule has 0 spiro atoms. The fraction of sp³-hybridized carbons (Fsp3) is 0.828. The van der Waals surface area contributed by atoms with Crippen LogP contribution in [0.1, 0.15) is 111 Å². The molecule has 0 aromatic heterocycles. The number of hydrogen-bond acceptors (Lipinski definition) is 8. The number of nitrogens with two attached hydrogens (primary N) is 1. The van der Waals surface area contributed by atoms with E-state index >= 15 is 0 Å². The second-order valence-corrected chi connectivity index (χ2v) is 11.7. The highest BCUT2D eigenvalue weighted by molar-refractivity contribution is 5.97. The number of alkyl carbamates (subject to hydrolysis) is 1. The van der Waals surface area contributed by atoms with E-state index in [0.717, 1.165) is 44.9 Å². The summed E-state index contributed by atoms with van der Waals surface area (Å²) in [5, 5.41) is 4.95. The predicted molar refractivity (Wildman–Crippen MR) is 152 cm³/mol. The average molecular weight is 569 g/mol. The van der Waals surface area contributed by atoms with Crippen LogP contribution in [0.5, 0.6) is 0 Å². The molecule has 0 heterocycles. The fourth-order valence-corrected chi connectivity index (χ4v) is 4.84. The van der Waals surface area contributed by atoms with Gasteiger partial charge < -0.3 is 25.4 Å². The van der Waals surface area contributed by atoms with Gasteiger partial charge in [0.15, 0.2) is 0 Å². The van der Waals surface area contributed by atoms with Crippen molar-refractivity contribution in [2.24, 2.45) is 11.7 Å². The zero-order chi connectivity index (χ0) is 30.1. The van der Waals surface area contributed by atoms with Gasteiger partial charge in [-0.1, -0.05) is 58.3 Å². The zero-order valence-electron chi connectivity index (χ0n) is 25.2. The highest BCUT2D eigenvalue weighted by atomic mass is 16.6. The maximum atomic E-state index is 13.5. The lowest BCUT2D eigenvalue weighted by Crippen LogP contribution is -2.55. The minimum Gasteiger partial charge on any atom is -0.469 e. The van der Waals surface area contributed by atoms with Crippen molar-refractivity contribution in [3.8, 4) is 0 Å². The molecule has 0 saturated heterocycles. The first kappa shape index (κ1) is 35.3. The van der Waals surface area contributed by atoms with Crippen molar-refractivity contribution in [3.63, 3.8) is 0 Å². The van der Waals surface area contributed by atoms with Gasteiger partial charge in [-0.15, -0.1) is 0 Å². The number of carbonyl (C=O) groups is 5. The van der Waals surface area contributed by atoms with Crippen LogP contribution in [0.4, 0.5) is 4.79 Å². The summed E-state index contributed by atoms with van der Waals surface area (Å²) in [6.45, 7) is 7.04. The van der Waals surface area contributed by atoms with Crippen molar-refractivity contribution in [1.82, 2.24) is 15.5 Å². The minimum absolute atomic E-state index is 0.231. The number of carbonyl (C=O) groups excluding carboxylic acids is 5. The number of imide groups is 1. The Hall–Kier alpha value is -2.69. The summed E-state index contributed by atoms with van der Waals surface area (Å²) in [4.78, 5) is 64.8. The highest BCUT2D eigenvalue weighted by Crippen LogP contribution is 2.29. The maximum Gasteiger partial charge on any atom is 0.414 e. The Morgan fingerprint density at radius 3 is 2.25 bits per heavy atom. The fourth-order valence-electron chi connectivity index (χ4n) is 4.84. The smallest absolute Gasteiger partial charge is 0.414 e. The van der Waals surface area contributed by atoms with Crippen LogP contribution < -0.4 is 16.4 Å². The first-order valence-electron chi connectivity index (χ1n) is 14.8. The Morgan fingerprint density at radius 2 is 1.65 bits per heavy atom. The third-order valence-corrected chi connectivity index (χ3v) is 7.03. The molecule has 0 radical (unpaired) electrons. The van der Waals surface area contributed by atoms with E-state index in [0.29, 0.717) is 32.1 Å².